The first-order valence-corrected chi connectivity index (χ1v) is 12.5. The first-order valence-electron chi connectivity index (χ1n) is 9.82. The molecule has 32 heavy (non-hydrogen) atoms. The van der Waals surface area contributed by atoms with Crippen molar-refractivity contribution in [1.29, 1.82) is 0 Å². The normalized spacial score (nSPS) is 17.4. The first-order chi connectivity index (χ1) is 15.1. The van der Waals surface area contributed by atoms with Gasteiger partial charge < -0.3 is 9.84 Å². The highest BCUT2D eigenvalue weighted by molar-refractivity contribution is 7.89. The van der Waals surface area contributed by atoms with Crippen LogP contribution in [-0.4, -0.2) is 41.9 Å². The third-order valence-corrected chi connectivity index (χ3v) is 8.58. The van der Waals surface area contributed by atoms with Crippen LogP contribution in [0.2, 0.25) is 5.02 Å². The number of aryl methyl sites for hydroxylation is 2. The van der Waals surface area contributed by atoms with Crippen molar-refractivity contribution in [3.63, 3.8) is 0 Å². The summed E-state index contributed by atoms with van der Waals surface area (Å²) in [6.07, 6.45) is 1.02. The molecule has 3 aromatic rings. The Labute approximate surface area is 193 Å². The lowest BCUT2D eigenvalue weighted by Crippen LogP contribution is -2.43. The van der Waals surface area contributed by atoms with Crippen LogP contribution in [0.4, 0.5) is 10.1 Å². The van der Waals surface area contributed by atoms with Crippen LogP contribution in [-0.2, 0) is 14.8 Å². The zero-order chi connectivity index (χ0) is 23.0. The molecule has 1 N–H and O–H groups in total. The Morgan fingerprint density at radius 3 is 2.81 bits per heavy atom. The number of carbonyl (C=O) groups is 1. The largest absolute Gasteiger partial charge is 0.339 e. The second-order valence-electron chi connectivity index (χ2n) is 7.48. The quantitative estimate of drug-likeness (QED) is 0.563. The van der Waals surface area contributed by atoms with Gasteiger partial charge >= 0.3 is 0 Å². The van der Waals surface area contributed by atoms with E-state index in [1.165, 1.54) is 33.8 Å². The monoisotopic (exact) mass is 498 g/mol. The molecule has 1 saturated heterocycles. The van der Waals surface area contributed by atoms with Gasteiger partial charge in [-0.25, -0.2) is 12.8 Å². The van der Waals surface area contributed by atoms with Crippen LogP contribution in [0.1, 0.15) is 23.6 Å². The van der Waals surface area contributed by atoms with Crippen molar-refractivity contribution < 1.29 is 22.1 Å². The van der Waals surface area contributed by atoms with E-state index in [-0.39, 0.29) is 22.2 Å². The number of benzene rings is 1. The Kier molecular flexibility index (Phi) is 6.35. The molecule has 2 aromatic heterocycles. The third kappa shape index (κ3) is 4.56. The van der Waals surface area contributed by atoms with Gasteiger partial charge in [0.1, 0.15) is 5.82 Å². The Hall–Kier alpha value is -2.34. The van der Waals surface area contributed by atoms with Crippen LogP contribution in [0.25, 0.3) is 10.7 Å². The SMILES string of the molecule is Cc1nc(-c2cc(S(=O)(=O)N3CCC[C@@H](C(=O)Nc4ccc(Cl)cc4F)C3)c(C)s2)no1. The van der Waals surface area contributed by atoms with Gasteiger partial charge in [0.15, 0.2) is 0 Å². The summed E-state index contributed by atoms with van der Waals surface area (Å²) in [6.45, 7) is 3.68. The number of thiophene rings is 1. The number of sulfonamides is 1. The van der Waals surface area contributed by atoms with Crippen LogP contribution in [0, 0.1) is 25.6 Å². The minimum absolute atomic E-state index is 0.00751. The minimum Gasteiger partial charge on any atom is -0.339 e. The Bertz CT molecular complexity index is 1270. The smallest absolute Gasteiger partial charge is 0.244 e. The van der Waals surface area contributed by atoms with E-state index in [2.05, 4.69) is 15.5 Å². The molecule has 1 aliphatic rings. The number of amides is 1. The number of hydrogen-bond donors (Lipinski definition) is 1. The van der Waals surface area contributed by atoms with E-state index < -0.39 is 27.7 Å². The van der Waals surface area contributed by atoms with Crippen molar-refractivity contribution in [2.75, 3.05) is 18.4 Å². The van der Waals surface area contributed by atoms with Crippen molar-refractivity contribution in [3.8, 4) is 10.7 Å². The lowest BCUT2D eigenvalue weighted by Gasteiger charge is -2.31. The zero-order valence-corrected chi connectivity index (χ0v) is 19.7. The van der Waals surface area contributed by atoms with E-state index in [0.717, 1.165) is 6.07 Å². The van der Waals surface area contributed by atoms with Gasteiger partial charge in [-0.3, -0.25) is 4.79 Å². The highest BCUT2D eigenvalue weighted by Crippen LogP contribution is 2.35. The number of nitrogens with zero attached hydrogens (tertiary/aromatic N) is 3. The van der Waals surface area contributed by atoms with E-state index in [0.29, 0.717) is 40.9 Å². The number of carbonyl (C=O) groups excluding carboxylic acids is 1. The number of anilines is 1. The minimum atomic E-state index is -3.84. The summed E-state index contributed by atoms with van der Waals surface area (Å²) < 4.78 is 47.0. The van der Waals surface area contributed by atoms with Crippen LogP contribution < -0.4 is 5.32 Å². The van der Waals surface area contributed by atoms with Crippen molar-refractivity contribution >= 4 is 44.6 Å². The summed E-state index contributed by atoms with van der Waals surface area (Å²) in [7, 11) is -3.84. The molecule has 0 spiro atoms. The average molecular weight is 499 g/mol. The number of hydrogen-bond acceptors (Lipinski definition) is 7. The standard InChI is InChI=1S/C20H20ClFN4O4S2/c1-11-18(9-17(31-11)19-23-12(2)30-25-19)32(28,29)26-7-3-4-13(10-26)20(27)24-16-6-5-14(21)8-15(16)22/h5-6,8-9,13H,3-4,7,10H2,1-2H3,(H,24,27)/t13-/m1/s1. The number of halogens is 2. The molecule has 0 unspecified atom stereocenters. The number of nitrogens with one attached hydrogen (secondary N) is 1. The molecule has 12 heteroatoms. The highest BCUT2D eigenvalue weighted by Gasteiger charge is 2.35. The molecule has 1 amide bonds. The van der Waals surface area contributed by atoms with Crippen molar-refractivity contribution in [2.45, 2.75) is 31.6 Å². The lowest BCUT2D eigenvalue weighted by atomic mass is 9.98. The summed E-state index contributed by atoms with van der Waals surface area (Å²) in [4.78, 5) is 18.2. The van der Waals surface area contributed by atoms with Gasteiger partial charge in [-0.2, -0.15) is 9.29 Å². The third-order valence-electron chi connectivity index (χ3n) is 5.18. The maximum absolute atomic E-state index is 14.0. The summed E-state index contributed by atoms with van der Waals surface area (Å²) in [5, 5.41) is 6.61. The molecule has 1 atom stereocenters. The van der Waals surface area contributed by atoms with Gasteiger partial charge in [0.05, 0.1) is 21.4 Å². The number of rotatable bonds is 5. The molecule has 3 heterocycles. The maximum Gasteiger partial charge on any atom is 0.244 e. The molecule has 4 rings (SSSR count). The van der Waals surface area contributed by atoms with Crippen molar-refractivity contribution in [3.05, 3.63) is 45.9 Å². The molecule has 170 valence electrons. The van der Waals surface area contributed by atoms with Gasteiger partial charge in [-0.15, -0.1) is 11.3 Å². The molecular weight excluding hydrogens is 479 g/mol. The van der Waals surface area contributed by atoms with Crippen LogP contribution in [0.15, 0.2) is 33.7 Å². The highest BCUT2D eigenvalue weighted by atomic mass is 35.5. The lowest BCUT2D eigenvalue weighted by molar-refractivity contribution is -0.120. The molecule has 0 saturated carbocycles. The summed E-state index contributed by atoms with van der Waals surface area (Å²) in [6, 6.07) is 5.49. The predicted octanol–water partition coefficient (Wildman–Crippen LogP) is 4.25. The summed E-state index contributed by atoms with van der Waals surface area (Å²) in [5.74, 6) is -0.970. The van der Waals surface area contributed by atoms with E-state index in [9.17, 15) is 17.6 Å². The number of piperidine rings is 1. The summed E-state index contributed by atoms with van der Waals surface area (Å²) >= 11 is 7.01. The zero-order valence-electron chi connectivity index (χ0n) is 17.3. The second-order valence-corrected chi connectivity index (χ2v) is 11.1. The molecule has 1 fully saturated rings. The molecule has 0 radical (unpaired) electrons. The molecule has 1 aliphatic heterocycles. The Balaban J connectivity index is 1.52. The molecule has 0 bridgehead atoms. The second kappa shape index (κ2) is 8.89. The predicted molar refractivity (Wildman–Crippen MR) is 119 cm³/mol. The average Bonchev–Trinajstić information content (AvgIpc) is 3.36. The van der Waals surface area contributed by atoms with Crippen LogP contribution in [0.3, 0.4) is 0 Å². The molecule has 1 aromatic carbocycles. The van der Waals surface area contributed by atoms with Gasteiger partial charge in [-0.1, -0.05) is 16.8 Å². The Morgan fingerprint density at radius 2 is 2.12 bits per heavy atom. The van der Waals surface area contributed by atoms with E-state index in [1.807, 2.05) is 0 Å². The van der Waals surface area contributed by atoms with Gasteiger partial charge in [-0.05, 0) is 44.0 Å². The fourth-order valence-corrected chi connectivity index (χ4v) is 6.74. The first kappa shape index (κ1) is 22.8. The van der Waals surface area contributed by atoms with Gasteiger partial charge in [0.25, 0.3) is 0 Å². The van der Waals surface area contributed by atoms with E-state index in [1.54, 1.807) is 13.8 Å². The van der Waals surface area contributed by atoms with Crippen LogP contribution >= 0.6 is 22.9 Å². The summed E-state index contributed by atoms with van der Waals surface area (Å²) in [5.41, 5.74) is 0.00751. The van der Waals surface area contributed by atoms with Crippen molar-refractivity contribution in [2.24, 2.45) is 5.92 Å². The van der Waals surface area contributed by atoms with Gasteiger partial charge in [0, 0.05) is 29.9 Å². The fraction of sp³-hybridized carbons (Fsp3) is 0.350. The number of aromatic nitrogens is 2. The topological polar surface area (TPSA) is 105 Å². The maximum atomic E-state index is 14.0. The fourth-order valence-electron chi connectivity index (χ4n) is 3.57. The van der Waals surface area contributed by atoms with E-state index >= 15 is 0 Å². The molecular formula is C20H20ClFN4O4S2. The van der Waals surface area contributed by atoms with Crippen molar-refractivity contribution in [1.82, 2.24) is 14.4 Å². The van der Waals surface area contributed by atoms with E-state index in [4.69, 9.17) is 16.1 Å². The Morgan fingerprint density at radius 1 is 1.34 bits per heavy atom. The van der Waals surface area contributed by atoms with Gasteiger partial charge in [0.2, 0.25) is 27.6 Å². The molecule has 0 aliphatic carbocycles. The van der Waals surface area contributed by atoms with Crippen LogP contribution in [0.5, 0.6) is 0 Å². The molecule has 8 nitrogen and oxygen atoms in total.